The van der Waals surface area contributed by atoms with Crippen LogP contribution in [0.3, 0.4) is 0 Å². The number of carbonyl (C=O) groups excluding carboxylic acids is 1. The molecule has 2 aromatic rings. The van der Waals surface area contributed by atoms with Crippen LogP contribution in [0.15, 0.2) is 35.2 Å². The SMILES string of the molecule is Cc1cc(C)c(C)c(S(=O)(=O)N2CCC(C(=O)NCC3(c4ccc(F)cc4)CC3)CC2)c1C. The highest BCUT2D eigenvalue weighted by atomic mass is 32.2. The van der Waals surface area contributed by atoms with Gasteiger partial charge in [0.15, 0.2) is 0 Å². The molecule has 7 heteroatoms. The molecule has 1 aliphatic heterocycles. The Balaban J connectivity index is 1.38. The second-order valence-corrected chi connectivity index (χ2v) is 11.6. The third kappa shape index (κ3) is 4.58. The lowest BCUT2D eigenvalue weighted by molar-refractivity contribution is -0.126. The maximum absolute atomic E-state index is 13.5. The summed E-state index contributed by atoms with van der Waals surface area (Å²) in [6.45, 7) is 8.83. The van der Waals surface area contributed by atoms with Crippen LogP contribution in [0.5, 0.6) is 0 Å². The number of nitrogens with zero attached hydrogens (tertiary/aromatic N) is 1. The molecular weight excluding hydrogens is 439 g/mol. The Labute approximate surface area is 196 Å². The summed E-state index contributed by atoms with van der Waals surface area (Å²) in [4.78, 5) is 13.3. The van der Waals surface area contributed by atoms with Gasteiger partial charge in [0.05, 0.1) is 4.90 Å². The molecule has 0 bridgehead atoms. The number of halogens is 1. The number of aryl methyl sites for hydroxylation is 2. The third-order valence-electron chi connectivity index (χ3n) is 7.63. The van der Waals surface area contributed by atoms with Gasteiger partial charge in [0.1, 0.15) is 5.82 Å². The zero-order valence-corrected chi connectivity index (χ0v) is 20.7. The first-order chi connectivity index (χ1) is 15.5. The number of hydrogen-bond donors (Lipinski definition) is 1. The fraction of sp³-hybridized carbons (Fsp3) is 0.500. The van der Waals surface area contributed by atoms with Gasteiger partial charge in [-0.25, -0.2) is 12.8 Å². The summed E-state index contributed by atoms with van der Waals surface area (Å²) >= 11 is 0. The first-order valence-electron chi connectivity index (χ1n) is 11.7. The van der Waals surface area contributed by atoms with Crippen molar-refractivity contribution in [2.24, 2.45) is 5.92 Å². The molecule has 1 aliphatic carbocycles. The van der Waals surface area contributed by atoms with Crippen LogP contribution in [-0.2, 0) is 20.2 Å². The van der Waals surface area contributed by atoms with Crippen molar-refractivity contribution >= 4 is 15.9 Å². The summed E-state index contributed by atoms with van der Waals surface area (Å²) in [7, 11) is -3.61. The number of sulfonamides is 1. The molecule has 5 nitrogen and oxygen atoms in total. The van der Waals surface area contributed by atoms with Crippen molar-refractivity contribution in [1.82, 2.24) is 9.62 Å². The number of carbonyl (C=O) groups is 1. The van der Waals surface area contributed by atoms with Gasteiger partial charge in [-0.15, -0.1) is 0 Å². The summed E-state index contributed by atoms with van der Waals surface area (Å²) in [6.07, 6.45) is 2.98. The van der Waals surface area contributed by atoms with E-state index in [0.29, 0.717) is 37.4 Å². The lowest BCUT2D eigenvalue weighted by atomic mass is 9.94. The van der Waals surface area contributed by atoms with Gasteiger partial charge in [-0.1, -0.05) is 18.2 Å². The van der Waals surface area contributed by atoms with Gasteiger partial charge >= 0.3 is 0 Å². The van der Waals surface area contributed by atoms with E-state index in [-0.39, 0.29) is 23.1 Å². The molecule has 178 valence electrons. The van der Waals surface area contributed by atoms with Crippen molar-refractivity contribution < 1.29 is 17.6 Å². The molecule has 0 radical (unpaired) electrons. The van der Waals surface area contributed by atoms with E-state index in [2.05, 4.69) is 5.32 Å². The average molecular weight is 473 g/mol. The molecule has 1 N–H and O–H groups in total. The highest BCUT2D eigenvalue weighted by molar-refractivity contribution is 7.89. The molecule has 2 fully saturated rings. The largest absolute Gasteiger partial charge is 0.355 e. The van der Waals surface area contributed by atoms with E-state index in [4.69, 9.17) is 0 Å². The van der Waals surface area contributed by atoms with Crippen molar-refractivity contribution in [2.75, 3.05) is 19.6 Å². The van der Waals surface area contributed by atoms with Crippen LogP contribution in [0.1, 0.15) is 53.5 Å². The zero-order valence-electron chi connectivity index (χ0n) is 19.9. The molecule has 1 saturated heterocycles. The number of amides is 1. The summed E-state index contributed by atoms with van der Waals surface area (Å²) in [6, 6.07) is 8.56. The fourth-order valence-corrected chi connectivity index (χ4v) is 7.02. The highest BCUT2D eigenvalue weighted by Crippen LogP contribution is 2.47. The van der Waals surface area contributed by atoms with Crippen molar-refractivity contribution in [3.8, 4) is 0 Å². The van der Waals surface area contributed by atoms with Crippen molar-refractivity contribution in [3.05, 3.63) is 64.0 Å². The van der Waals surface area contributed by atoms with Crippen LogP contribution in [0.2, 0.25) is 0 Å². The van der Waals surface area contributed by atoms with Gasteiger partial charge in [0.25, 0.3) is 0 Å². The Morgan fingerprint density at radius 3 is 2.09 bits per heavy atom. The van der Waals surface area contributed by atoms with Crippen LogP contribution in [0.4, 0.5) is 4.39 Å². The van der Waals surface area contributed by atoms with Gasteiger partial charge in [-0.05, 0) is 93.3 Å². The predicted molar refractivity (Wildman–Crippen MR) is 127 cm³/mol. The molecule has 0 atom stereocenters. The first kappa shape index (κ1) is 23.9. The molecule has 0 spiro atoms. The fourth-order valence-electron chi connectivity index (χ4n) is 4.98. The van der Waals surface area contributed by atoms with Crippen molar-refractivity contribution in [3.63, 3.8) is 0 Å². The van der Waals surface area contributed by atoms with E-state index < -0.39 is 10.0 Å². The molecule has 2 aromatic carbocycles. The minimum atomic E-state index is -3.61. The monoisotopic (exact) mass is 472 g/mol. The summed E-state index contributed by atoms with van der Waals surface area (Å²) in [5.74, 6) is -0.465. The molecule has 33 heavy (non-hydrogen) atoms. The van der Waals surface area contributed by atoms with E-state index in [1.165, 1.54) is 16.4 Å². The maximum Gasteiger partial charge on any atom is 0.243 e. The van der Waals surface area contributed by atoms with Crippen LogP contribution in [-0.4, -0.2) is 38.3 Å². The Hall–Kier alpha value is -2.25. The predicted octanol–water partition coefficient (Wildman–Crippen LogP) is 4.31. The van der Waals surface area contributed by atoms with Gasteiger partial charge in [-0.2, -0.15) is 4.31 Å². The molecule has 2 aliphatic rings. The normalized spacial score (nSPS) is 18.8. The van der Waals surface area contributed by atoms with Crippen molar-refractivity contribution in [1.29, 1.82) is 0 Å². The average Bonchev–Trinajstić information content (AvgIpc) is 3.58. The topological polar surface area (TPSA) is 66.5 Å². The minimum absolute atomic E-state index is 0.0146. The Kier molecular flexibility index (Phi) is 6.40. The van der Waals surface area contributed by atoms with Crippen molar-refractivity contribution in [2.45, 2.75) is 63.7 Å². The minimum Gasteiger partial charge on any atom is -0.355 e. The second kappa shape index (κ2) is 8.84. The number of rotatable bonds is 6. The summed E-state index contributed by atoms with van der Waals surface area (Å²) in [5.41, 5.74) is 4.51. The first-order valence-corrected chi connectivity index (χ1v) is 13.1. The number of piperidine rings is 1. The highest BCUT2D eigenvalue weighted by Gasteiger charge is 2.44. The number of hydrogen-bond acceptors (Lipinski definition) is 3. The van der Waals surface area contributed by atoms with E-state index >= 15 is 0 Å². The maximum atomic E-state index is 13.5. The zero-order chi connectivity index (χ0) is 24.0. The number of nitrogens with one attached hydrogen (secondary N) is 1. The molecule has 1 saturated carbocycles. The molecular formula is C26H33FN2O3S. The van der Waals surface area contributed by atoms with E-state index in [1.54, 1.807) is 12.1 Å². The van der Waals surface area contributed by atoms with Crippen LogP contribution in [0.25, 0.3) is 0 Å². The molecule has 1 heterocycles. The quantitative estimate of drug-likeness (QED) is 0.681. The van der Waals surface area contributed by atoms with Crippen LogP contribution in [0, 0.1) is 39.4 Å². The Bertz CT molecular complexity index is 1140. The number of benzene rings is 2. The van der Waals surface area contributed by atoms with Gasteiger partial charge in [0.2, 0.25) is 15.9 Å². The smallest absolute Gasteiger partial charge is 0.243 e. The van der Waals surface area contributed by atoms with Gasteiger partial charge in [0, 0.05) is 31.0 Å². The van der Waals surface area contributed by atoms with E-state index in [0.717, 1.165) is 40.7 Å². The third-order valence-corrected chi connectivity index (χ3v) is 9.80. The second-order valence-electron chi connectivity index (χ2n) is 9.77. The Morgan fingerprint density at radius 1 is 1.03 bits per heavy atom. The molecule has 4 rings (SSSR count). The molecule has 0 aromatic heterocycles. The van der Waals surface area contributed by atoms with Crippen LogP contribution < -0.4 is 5.32 Å². The van der Waals surface area contributed by atoms with Crippen LogP contribution >= 0.6 is 0 Å². The summed E-state index contributed by atoms with van der Waals surface area (Å²) < 4.78 is 41.7. The molecule has 0 unspecified atom stereocenters. The lowest BCUT2D eigenvalue weighted by Gasteiger charge is -2.32. The lowest BCUT2D eigenvalue weighted by Crippen LogP contribution is -2.44. The van der Waals surface area contributed by atoms with E-state index in [9.17, 15) is 17.6 Å². The standard InChI is InChI=1S/C26H33FN2O3S/c1-17-15-18(2)20(4)24(19(17)3)33(31,32)29-13-9-21(10-14-29)25(30)28-16-26(11-12-26)22-5-7-23(27)8-6-22/h5-8,15,21H,9-14,16H2,1-4H3,(H,28,30). The Morgan fingerprint density at radius 2 is 1.58 bits per heavy atom. The van der Waals surface area contributed by atoms with E-state index in [1.807, 2.05) is 33.8 Å². The molecule has 1 amide bonds. The van der Waals surface area contributed by atoms with Gasteiger partial charge < -0.3 is 5.32 Å². The summed E-state index contributed by atoms with van der Waals surface area (Å²) in [5, 5.41) is 3.09. The van der Waals surface area contributed by atoms with Gasteiger partial charge in [-0.3, -0.25) is 4.79 Å².